The van der Waals surface area contributed by atoms with Gasteiger partial charge in [0.2, 0.25) is 0 Å². The predicted octanol–water partition coefficient (Wildman–Crippen LogP) is 4.09. The van der Waals surface area contributed by atoms with Crippen LogP contribution in [-0.2, 0) is 14.8 Å². The van der Waals surface area contributed by atoms with Gasteiger partial charge in [0.05, 0.1) is 17.6 Å². The number of hydrogen-bond donors (Lipinski definition) is 0. The third-order valence-electron chi connectivity index (χ3n) is 3.48. The highest BCUT2D eigenvalue weighted by atomic mass is 35.5. The van der Waals surface area contributed by atoms with Gasteiger partial charge >= 0.3 is 5.97 Å². The lowest BCUT2D eigenvalue weighted by atomic mass is 10.1. The van der Waals surface area contributed by atoms with Gasteiger partial charge in [-0.05, 0) is 42.1 Å². The Bertz CT molecular complexity index is 910. The van der Waals surface area contributed by atoms with E-state index in [1.165, 1.54) is 43.5 Å². The molecule has 26 heavy (non-hydrogen) atoms. The summed E-state index contributed by atoms with van der Waals surface area (Å²) in [5.74, 6) is -0.446. The number of carbonyl (C=O) groups excluding carboxylic acids is 1. The molecule has 6 nitrogen and oxygen atoms in total. The molecule has 0 aliphatic carbocycles. The van der Waals surface area contributed by atoms with Crippen LogP contribution in [0.4, 0.5) is 0 Å². The van der Waals surface area contributed by atoms with Gasteiger partial charge in [0.25, 0.3) is 10.0 Å². The molecule has 0 aromatic heterocycles. The Morgan fingerprint density at radius 2 is 1.73 bits per heavy atom. The molecule has 0 aliphatic rings. The van der Waals surface area contributed by atoms with Crippen LogP contribution in [0.15, 0.2) is 41.3 Å². The molecule has 0 aliphatic heterocycles. The number of aryl methyl sites for hydroxylation is 1. The number of benzene rings is 2. The number of nitrogens with zero attached hydrogens (tertiary/aromatic N) is 1. The van der Waals surface area contributed by atoms with Crippen LogP contribution in [0.25, 0.3) is 0 Å². The number of ether oxygens (including phenoxy) is 1. The molecule has 0 unspecified atom stereocenters. The van der Waals surface area contributed by atoms with Crippen molar-refractivity contribution < 1.29 is 22.8 Å². The van der Waals surface area contributed by atoms with Crippen molar-refractivity contribution in [2.75, 3.05) is 13.7 Å². The van der Waals surface area contributed by atoms with Gasteiger partial charge in [-0.3, -0.25) is 0 Å². The molecule has 0 heterocycles. The molecule has 0 N–H and O–H groups in total. The monoisotopic (exact) mass is 417 g/mol. The second-order valence-electron chi connectivity index (χ2n) is 5.29. The van der Waals surface area contributed by atoms with Crippen LogP contribution >= 0.6 is 23.2 Å². The molecule has 0 saturated heterocycles. The van der Waals surface area contributed by atoms with E-state index in [2.05, 4.69) is 4.74 Å². The van der Waals surface area contributed by atoms with Gasteiger partial charge in [-0.25, -0.2) is 13.2 Å². The van der Waals surface area contributed by atoms with Crippen LogP contribution in [-0.4, -0.2) is 32.5 Å². The lowest BCUT2D eigenvalue weighted by molar-refractivity contribution is 0.0415. The Balaban J connectivity index is 2.42. The molecule has 2 aromatic rings. The largest absolute Gasteiger partial charge is 0.465 e. The number of esters is 1. The molecule has 140 valence electrons. The SMILES string of the molecule is CCN(Oc1cc(Cl)cc(Cl)c1)S(=O)(=O)c1ccc(C)c(C(=O)OC)c1. The molecule has 0 fully saturated rings. The Morgan fingerprint density at radius 1 is 1.12 bits per heavy atom. The molecule has 0 spiro atoms. The van der Waals surface area contributed by atoms with Crippen molar-refractivity contribution in [3.8, 4) is 5.75 Å². The molecule has 0 amide bonds. The van der Waals surface area contributed by atoms with Crippen LogP contribution in [0.5, 0.6) is 5.75 Å². The summed E-state index contributed by atoms with van der Waals surface area (Å²) >= 11 is 11.8. The van der Waals surface area contributed by atoms with Crippen molar-refractivity contribution in [1.29, 1.82) is 0 Å². The molecule has 0 saturated carbocycles. The van der Waals surface area contributed by atoms with E-state index in [4.69, 9.17) is 28.0 Å². The predicted molar refractivity (Wildman–Crippen MR) is 99.2 cm³/mol. The van der Waals surface area contributed by atoms with Crippen molar-refractivity contribution in [2.45, 2.75) is 18.7 Å². The Hall–Kier alpha value is -1.80. The number of methoxy groups -OCH3 is 1. The minimum absolute atomic E-state index is 0.0217. The maximum atomic E-state index is 12.9. The smallest absolute Gasteiger partial charge is 0.338 e. The average Bonchev–Trinajstić information content (AvgIpc) is 2.58. The zero-order valence-corrected chi connectivity index (χ0v) is 16.7. The Labute approximate surface area is 162 Å². The van der Waals surface area contributed by atoms with Crippen molar-refractivity contribution in [2.24, 2.45) is 0 Å². The molecule has 2 aromatic carbocycles. The fourth-order valence-electron chi connectivity index (χ4n) is 2.19. The standard InChI is InChI=1S/C17H17Cl2NO5S/c1-4-20(25-14-8-12(18)7-13(19)9-14)26(22,23)15-6-5-11(2)16(10-15)17(21)24-3/h5-10H,4H2,1-3H3. The summed E-state index contributed by atoms with van der Waals surface area (Å²) in [6, 6.07) is 8.58. The van der Waals surface area contributed by atoms with Crippen LogP contribution < -0.4 is 4.84 Å². The number of sulfonamides is 1. The number of halogens is 2. The second-order valence-corrected chi connectivity index (χ2v) is 7.99. The molecule has 0 bridgehead atoms. The third-order valence-corrected chi connectivity index (χ3v) is 5.64. The van der Waals surface area contributed by atoms with Gasteiger partial charge < -0.3 is 9.57 Å². The minimum atomic E-state index is -4.04. The summed E-state index contributed by atoms with van der Waals surface area (Å²) in [5.41, 5.74) is 0.761. The first kappa shape index (κ1) is 20.5. The quantitative estimate of drug-likeness (QED) is 0.522. The van der Waals surface area contributed by atoms with E-state index in [1.54, 1.807) is 13.8 Å². The minimum Gasteiger partial charge on any atom is -0.465 e. The van der Waals surface area contributed by atoms with Crippen LogP contribution in [0.1, 0.15) is 22.8 Å². The highest BCUT2D eigenvalue weighted by Gasteiger charge is 2.27. The zero-order chi connectivity index (χ0) is 19.5. The van der Waals surface area contributed by atoms with E-state index >= 15 is 0 Å². The van der Waals surface area contributed by atoms with E-state index < -0.39 is 16.0 Å². The first-order valence-electron chi connectivity index (χ1n) is 7.54. The maximum absolute atomic E-state index is 12.9. The first-order chi connectivity index (χ1) is 12.2. The lowest BCUT2D eigenvalue weighted by Crippen LogP contribution is -2.34. The number of carbonyl (C=O) groups is 1. The normalized spacial score (nSPS) is 11.5. The van der Waals surface area contributed by atoms with E-state index in [0.717, 1.165) is 4.47 Å². The number of hydrogen-bond acceptors (Lipinski definition) is 5. The van der Waals surface area contributed by atoms with E-state index in [0.29, 0.717) is 15.6 Å². The summed E-state index contributed by atoms with van der Waals surface area (Å²) in [6.07, 6.45) is 0. The van der Waals surface area contributed by atoms with Gasteiger partial charge in [-0.15, -0.1) is 0 Å². The number of hydroxylamine groups is 1. The molecule has 2 rings (SSSR count). The van der Waals surface area contributed by atoms with Crippen LogP contribution in [0.3, 0.4) is 0 Å². The summed E-state index contributed by atoms with van der Waals surface area (Å²) in [5, 5.41) is 0.619. The molecule has 0 atom stereocenters. The highest BCUT2D eigenvalue weighted by Crippen LogP contribution is 2.27. The molecular weight excluding hydrogens is 401 g/mol. The van der Waals surface area contributed by atoms with Crippen LogP contribution in [0.2, 0.25) is 10.0 Å². The van der Waals surface area contributed by atoms with Gasteiger partial charge in [0.15, 0.2) is 5.75 Å². The lowest BCUT2D eigenvalue weighted by Gasteiger charge is -2.21. The van der Waals surface area contributed by atoms with E-state index in [1.807, 2.05) is 0 Å². The Morgan fingerprint density at radius 3 is 2.27 bits per heavy atom. The van der Waals surface area contributed by atoms with Crippen LogP contribution in [0, 0.1) is 6.92 Å². The van der Waals surface area contributed by atoms with Gasteiger partial charge in [-0.2, -0.15) is 0 Å². The molecule has 0 radical (unpaired) electrons. The van der Waals surface area contributed by atoms with Gasteiger partial charge in [0.1, 0.15) is 0 Å². The average molecular weight is 418 g/mol. The second kappa shape index (κ2) is 8.26. The van der Waals surface area contributed by atoms with Gasteiger partial charge in [-0.1, -0.05) is 29.3 Å². The summed E-state index contributed by atoms with van der Waals surface area (Å²) < 4.78 is 31.3. The van der Waals surface area contributed by atoms with Crippen molar-refractivity contribution in [3.63, 3.8) is 0 Å². The fraction of sp³-hybridized carbons (Fsp3) is 0.235. The molecule has 9 heteroatoms. The van der Waals surface area contributed by atoms with Crippen molar-refractivity contribution in [3.05, 3.63) is 57.6 Å². The highest BCUT2D eigenvalue weighted by molar-refractivity contribution is 7.89. The van der Waals surface area contributed by atoms with Crippen molar-refractivity contribution in [1.82, 2.24) is 4.47 Å². The Kier molecular flexibility index (Phi) is 6.52. The molecular formula is C17H17Cl2NO5S. The zero-order valence-electron chi connectivity index (χ0n) is 14.3. The van der Waals surface area contributed by atoms with Gasteiger partial charge in [0, 0.05) is 28.7 Å². The first-order valence-corrected chi connectivity index (χ1v) is 9.74. The summed E-state index contributed by atoms with van der Waals surface area (Å²) in [4.78, 5) is 17.2. The fourth-order valence-corrected chi connectivity index (χ4v) is 3.96. The van der Waals surface area contributed by atoms with E-state index in [-0.39, 0.29) is 22.8 Å². The third kappa shape index (κ3) is 4.48. The maximum Gasteiger partial charge on any atom is 0.338 e. The van der Waals surface area contributed by atoms with E-state index in [9.17, 15) is 13.2 Å². The summed E-state index contributed by atoms with van der Waals surface area (Å²) in [6.45, 7) is 3.32. The summed E-state index contributed by atoms with van der Waals surface area (Å²) in [7, 11) is -2.81. The van der Waals surface area contributed by atoms with Crippen molar-refractivity contribution >= 4 is 39.2 Å². The topological polar surface area (TPSA) is 72.9 Å². The number of rotatable bonds is 6.